The number of aromatic hydroxyl groups is 1. The highest BCUT2D eigenvalue weighted by molar-refractivity contribution is 8.00. The zero-order chi connectivity index (χ0) is 15.4. The molecular weight excluding hydrogens is 298 g/mol. The Labute approximate surface area is 133 Å². The van der Waals surface area contributed by atoms with Crippen molar-refractivity contribution in [2.45, 2.75) is 23.8 Å². The fourth-order valence-corrected chi connectivity index (χ4v) is 3.46. The number of piperidine rings is 1. The van der Waals surface area contributed by atoms with Crippen LogP contribution in [0.4, 0.5) is 0 Å². The summed E-state index contributed by atoms with van der Waals surface area (Å²) in [6.07, 6.45) is 5.70. The summed E-state index contributed by atoms with van der Waals surface area (Å²) in [5.74, 6) is 0.866. The van der Waals surface area contributed by atoms with Crippen molar-refractivity contribution in [2.75, 3.05) is 18.8 Å². The lowest BCUT2D eigenvalue weighted by Crippen LogP contribution is -2.40. The van der Waals surface area contributed by atoms with Gasteiger partial charge in [-0.2, -0.15) is 5.10 Å². The third-order valence-electron chi connectivity index (χ3n) is 3.92. The number of hydrogen-bond donors (Lipinski definition) is 1. The molecule has 0 bridgehead atoms. The molecule has 1 saturated heterocycles. The zero-order valence-electron chi connectivity index (χ0n) is 12.3. The fourth-order valence-electron chi connectivity index (χ4n) is 2.66. The quantitative estimate of drug-likeness (QED) is 0.881. The maximum Gasteiger partial charge on any atom is 0.232 e. The summed E-state index contributed by atoms with van der Waals surface area (Å²) in [5.41, 5.74) is 0. The number of likely N-dealkylation sites (tertiary alicyclic amines) is 1. The highest BCUT2D eigenvalue weighted by Gasteiger charge is 2.23. The predicted octanol–water partition coefficient (Wildman–Crippen LogP) is 2.54. The van der Waals surface area contributed by atoms with Crippen LogP contribution >= 0.6 is 11.8 Å². The maximum atomic E-state index is 12.3. The summed E-state index contributed by atoms with van der Waals surface area (Å²) in [7, 11) is 0. The van der Waals surface area contributed by atoms with Crippen molar-refractivity contribution >= 4 is 17.7 Å². The number of hydrogen-bond acceptors (Lipinski definition) is 4. The van der Waals surface area contributed by atoms with E-state index in [1.807, 2.05) is 34.0 Å². The molecule has 0 radical (unpaired) electrons. The van der Waals surface area contributed by atoms with Crippen molar-refractivity contribution < 1.29 is 9.90 Å². The molecule has 0 unspecified atom stereocenters. The van der Waals surface area contributed by atoms with E-state index in [1.54, 1.807) is 18.3 Å². The van der Waals surface area contributed by atoms with E-state index < -0.39 is 0 Å². The van der Waals surface area contributed by atoms with Crippen LogP contribution in [-0.4, -0.2) is 44.5 Å². The highest BCUT2D eigenvalue weighted by atomic mass is 32.2. The molecule has 1 amide bonds. The van der Waals surface area contributed by atoms with Gasteiger partial charge in [0.1, 0.15) is 5.75 Å². The number of thioether (sulfide) groups is 1. The summed E-state index contributed by atoms with van der Waals surface area (Å²) >= 11 is 1.51. The van der Waals surface area contributed by atoms with Crippen LogP contribution in [0.2, 0.25) is 0 Å². The standard InChI is InChI=1S/C16H19N3O2S/c20-14-2-4-15(5-3-14)22-12-16(21)18-10-6-13(7-11-18)19-9-1-8-17-19/h1-5,8-9,13,20H,6-7,10-12H2. The number of carbonyl (C=O) groups is 1. The van der Waals surface area contributed by atoms with E-state index in [9.17, 15) is 9.90 Å². The van der Waals surface area contributed by atoms with Crippen molar-refractivity contribution in [1.29, 1.82) is 0 Å². The van der Waals surface area contributed by atoms with Crippen LogP contribution in [0.3, 0.4) is 0 Å². The molecule has 1 aliphatic heterocycles. The van der Waals surface area contributed by atoms with Crippen LogP contribution in [0.5, 0.6) is 5.75 Å². The highest BCUT2D eigenvalue weighted by Crippen LogP contribution is 2.24. The average molecular weight is 317 g/mol. The van der Waals surface area contributed by atoms with Crippen molar-refractivity contribution in [3.63, 3.8) is 0 Å². The van der Waals surface area contributed by atoms with Gasteiger partial charge >= 0.3 is 0 Å². The summed E-state index contributed by atoms with van der Waals surface area (Å²) < 4.78 is 1.99. The Balaban J connectivity index is 1.46. The van der Waals surface area contributed by atoms with Gasteiger partial charge in [0.2, 0.25) is 5.91 Å². The summed E-state index contributed by atoms with van der Waals surface area (Å²) in [5, 5.41) is 13.5. The molecule has 0 atom stereocenters. The smallest absolute Gasteiger partial charge is 0.232 e. The minimum absolute atomic E-state index is 0.178. The number of phenolic OH excluding ortho intramolecular Hbond substituents is 1. The topological polar surface area (TPSA) is 58.4 Å². The molecule has 2 aromatic rings. The molecule has 1 aromatic heterocycles. The number of phenols is 1. The first-order valence-corrected chi connectivity index (χ1v) is 8.39. The van der Waals surface area contributed by atoms with Crippen LogP contribution in [0.1, 0.15) is 18.9 Å². The van der Waals surface area contributed by atoms with E-state index in [1.165, 1.54) is 11.8 Å². The van der Waals surface area contributed by atoms with Gasteiger partial charge in [-0.05, 0) is 43.2 Å². The Kier molecular flexibility index (Phi) is 4.68. The normalized spacial score (nSPS) is 15.9. The molecule has 3 rings (SSSR count). The minimum Gasteiger partial charge on any atom is -0.508 e. The molecule has 1 aliphatic rings. The first kappa shape index (κ1) is 15.0. The molecule has 116 valence electrons. The van der Waals surface area contributed by atoms with E-state index >= 15 is 0 Å². The van der Waals surface area contributed by atoms with Gasteiger partial charge in [0.15, 0.2) is 0 Å². The van der Waals surface area contributed by atoms with Gasteiger partial charge in [-0.3, -0.25) is 9.48 Å². The van der Waals surface area contributed by atoms with Gasteiger partial charge in [-0.25, -0.2) is 0 Å². The number of nitrogens with zero attached hydrogens (tertiary/aromatic N) is 3. The molecular formula is C16H19N3O2S. The van der Waals surface area contributed by atoms with Gasteiger partial charge in [-0.1, -0.05) is 0 Å². The molecule has 1 aromatic carbocycles. The molecule has 0 spiro atoms. The molecule has 1 N–H and O–H groups in total. The van der Waals surface area contributed by atoms with Gasteiger partial charge < -0.3 is 10.0 Å². The van der Waals surface area contributed by atoms with Gasteiger partial charge in [0.25, 0.3) is 0 Å². The largest absolute Gasteiger partial charge is 0.508 e. The Morgan fingerprint density at radius 1 is 1.27 bits per heavy atom. The van der Waals surface area contributed by atoms with Gasteiger partial charge in [-0.15, -0.1) is 11.8 Å². The van der Waals surface area contributed by atoms with Crippen molar-refractivity contribution in [1.82, 2.24) is 14.7 Å². The Hall–Kier alpha value is -1.95. The van der Waals surface area contributed by atoms with Gasteiger partial charge in [0.05, 0.1) is 11.8 Å². The summed E-state index contributed by atoms with van der Waals surface area (Å²) in [6, 6.07) is 9.29. The molecule has 0 aliphatic carbocycles. The predicted molar refractivity (Wildman–Crippen MR) is 85.9 cm³/mol. The zero-order valence-corrected chi connectivity index (χ0v) is 13.1. The van der Waals surface area contributed by atoms with Crippen molar-refractivity contribution in [3.8, 4) is 5.75 Å². The molecule has 6 heteroatoms. The van der Waals surface area contributed by atoms with Crippen LogP contribution in [0.15, 0.2) is 47.6 Å². The van der Waals surface area contributed by atoms with Crippen molar-refractivity contribution in [3.05, 3.63) is 42.7 Å². The first-order chi connectivity index (χ1) is 10.7. The maximum absolute atomic E-state index is 12.3. The number of benzene rings is 1. The second kappa shape index (κ2) is 6.87. The van der Waals surface area contributed by atoms with E-state index in [-0.39, 0.29) is 11.7 Å². The SMILES string of the molecule is O=C(CSc1ccc(O)cc1)N1CCC(n2cccn2)CC1. The average Bonchev–Trinajstić information content (AvgIpc) is 3.09. The van der Waals surface area contributed by atoms with E-state index in [4.69, 9.17) is 0 Å². The molecule has 2 heterocycles. The third kappa shape index (κ3) is 3.62. The molecule has 1 fully saturated rings. The van der Waals surface area contributed by atoms with Crippen LogP contribution < -0.4 is 0 Å². The van der Waals surface area contributed by atoms with Crippen molar-refractivity contribution in [2.24, 2.45) is 0 Å². The lowest BCUT2D eigenvalue weighted by molar-refractivity contribution is -0.129. The lowest BCUT2D eigenvalue weighted by atomic mass is 10.1. The van der Waals surface area contributed by atoms with E-state index in [0.29, 0.717) is 11.8 Å². The lowest BCUT2D eigenvalue weighted by Gasteiger charge is -2.32. The van der Waals surface area contributed by atoms with E-state index in [0.717, 1.165) is 30.8 Å². The Morgan fingerprint density at radius 2 is 2.00 bits per heavy atom. The Bertz CT molecular complexity index is 605. The minimum atomic E-state index is 0.178. The second-order valence-corrected chi connectivity index (χ2v) is 6.43. The van der Waals surface area contributed by atoms with Crippen LogP contribution in [0, 0.1) is 0 Å². The summed E-state index contributed by atoms with van der Waals surface area (Å²) in [6.45, 7) is 1.58. The van der Waals surface area contributed by atoms with E-state index in [2.05, 4.69) is 5.10 Å². The summed E-state index contributed by atoms with van der Waals surface area (Å²) in [4.78, 5) is 15.2. The number of aromatic nitrogens is 2. The molecule has 0 saturated carbocycles. The second-order valence-electron chi connectivity index (χ2n) is 5.38. The first-order valence-electron chi connectivity index (χ1n) is 7.41. The van der Waals surface area contributed by atoms with Gasteiger partial charge in [0, 0.05) is 30.4 Å². The monoisotopic (exact) mass is 317 g/mol. The Morgan fingerprint density at radius 3 is 2.64 bits per heavy atom. The van der Waals surface area contributed by atoms with Crippen LogP contribution in [-0.2, 0) is 4.79 Å². The molecule has 5 nitrogen and oxygen atoms in total. The number of amides is 1. The fraction of sp³-hybridized carbons (Fsp3) is 0.375. The third-order valence-corrected chi connectivity index (χ3v) is 4.91. The van der Waals surface area contributed by atoms with Crippen LogP contribution in [0.25, 0.3) is 0 Å². The molecule has 22 heavy (non-hydrogen) atoms. The number of rotatable bonds is 4. The number of carbonyl (C=O) groups excluding carboxylic acids is 1.